The first kappa shape index (κ1) is 25.8. The number of nitro benzene ring substituents is 1. The first-order valence-electron chi connectivity index (χ1n) is 11.4. The highest BCUT2D eigenvalue weighted by molar-refractivity contribution is 6.26. The minimum absolute atomic E-state index is 0. The van der Waals surface area contributed by atoms with Crippen molar-refractivity contribution in [3.8, 4) is 5.69 Å². The van der Waals surface area contributed by atoms with Gasteiger partial charge in [0.25, 0.3) is 12.0 Å². The largest absolute Gasteiger partial charge is 1.00 e. The molecule has 0 radical (unpaired) electrons. The number of aryl methyl sites for hydroxylation is 3. The molecule has 4 aromatic rings. The molecule has 186 valence electrons. The molecule has 0 amide bonds. The predicted octanol–water partition coefficient (Wildman–Crippen LogP) is 1.26. The maximum absolute atomic E-state index is 13.7. The van der Waals surface area contributed by atoms with Crippen LogP contribution in [0, 0.1) is 30.9 Å². The zero-order valence-corrected chi connectivity index (χ0v) is 21.9. The molecule has 0 atom stereocenters. The van der Waals surface area contributed by atoms with Crippen LogP contribution in [0.15, 0.2) is 67.0 Å². The summed E-state index contributed by atoms with van der Waals surface area (Å²) < 4.78 is 3.21. The van der Waals surface area contributed by atoms with E-state index in [1.807, 2.05) is 32.9 Å². The molecule has 0 saturated carbocycles. The quantitative estimate of drug-likeness (QED) is 0.139. The lowest BCUT2D eigenvalue weighted by molar-refractivity contribution is -0.684. The molecule has 37 heavy (non-hydrogen) atoms. The van der Waals surface area contributed by atoms with Gasteiger partial charge in [0.15, 0.2) is 6.54 Å². The highest BCUT2D eigenvalue weighted by Gasteiger charge is 2.42. The van der Waals surface area contributed by atoms with Crippen molar-refractivity contribution >= 4 is 23.0 Å². The van der Waals surface area contributed by atoms with Crippen molar-refractivity contribution in [3.05, 3.63) is 122 Å². The Labute approximate surface area is 223 Å². The van der Waals surface area contributed by atoms with Crippen LogP contribution in [0.4, 0.5) is 5.69 Å². The Morgan fingerprint density at radius 3 is 2.05 bits per heavy atom. The third-order valence-electron chi connectivity index (χ3n) is 6.44. The van der Waals surface area contributed by atoms with Crippen LogP contribution in [0.3, 0.4) is 0 Å². The van der Waals surface area contributed by atoms with Crippen LogP contribution >= 0.6 is 0 Å². The van der Waals surface area contributed by atoms with Crippen LogP contribution in [0.2, 0.25) is 0 Å². The molecule has 0 N–H and O–H groups in total. The van der Waals surface area contributed by atoms with Gasteiger partial charge in [0.1, 0.15) is 5.69 Å². The van der Waals surface area contributed by atoms with E-state index in [1.54, 1.807) is 35.2 Å². The molecule has 0 bridgehead atoms. The first-order chi connectivity index (χ1) is 17.2. The molecule has 0 fully saturated rings. The molecular formula is C28H22BrN3O5. The number of rotatable bonds is 5. The third-order valence-corrected chi connectivity index (χ3v) is 6.44. The number of hydrogen-bond acceptors (Lipinski definition) is 5. The van der Waals surface area contributed by atoms with Gasteiger partial charge < -0.3 is 17.0 Å². The van der Waals surface area contributed by atoms with E-state index in [9.17, 15) is 24.5 Å². The number of benzene rings is 3. The normalized spacial score (nSPS) is 12.0. The monoisotopic (exact) mass is 559 g/mol. The van der Waals surface area contributed by atoms with Gasteiger partial charge in [0.05, 0.1) is 4.92 Å². The van der Waals surface area contributed by atoms with E-state index in [-0.39, 0.29) is 63.5 Å². The van der Waals surface area contributed by atoms with Gasteiger partial charge in [-0.15, -0.1) is 0 Å². The lowest BCUT2D eigenvalue weighted by Gasteiger charge is -2.14. The number of Topliss-reactive ketones (excluding diaryl/α,β-unsaturated/α-hetero) is 1. The molecule has 0 unspecified atom stereocenters. The number of non-ortho nitro benzene ring substituents is 1. The molecule has 9 heteroatoms. The second-order valence-electron chi connectivity index (χ2n) is 8.99. The van der Waals surface area contributed by atoms with E-state index in [0.717, 1.165) is 22.4 Å². The number of carbonyl (C=O) groups excluding carboxylic acids is 3. The molecule has 0 spiro atoms. The number of nitro groups is 1. The maximum atomic E-state index is 13.7. The molecule has 0 saturated heterocycles. The fraction of sp³-hybridized carbons (Fsp3) is 0.143. The minimum Gasteiger partial charge on any atom is -1.00 e. The summed E-state index contributed by atoms with van der Waals surface area (Å²) in [6.07, 6.45) is 1.63. The molecular weight excluding hydrogens is 538 g/mol. The first-order valence-corrected chi connectivity index (χ1v) is 11.4. The van der Waals surface area contributed by atoms with Crippen molar-refractivity contribution in [2.24, 2.45) is 0 Å². The second-order valence-corrected chi connectivity index (χ2v) is 8.99. The molecule has 8 nitrogen and oxygen atoms in total. The van der Waals surface area contributed by atoms with Crippen molar-refractivity contribution in [2.75, 3.05) is 0 Å². The van der Waals surface area contributed by atoms with Crippen LogP contribution < -0.4 is 21.5 Å². The lowest BCUT2D eigenvalue weighted by atomic mass is 9.89. The van der Waals surface area contributed by atoms with Crippen molar-refractivity contribution in [2.45, 2.75) is 27.3 Å². The summed E-state index contributed by atoms with van der Waals surface area (Å²) in [5.74, 6) is -0.967. The Kier molecular flexibility index (Phi) is 6.75. The molecule has 1 heterocycles. The fourth-order valence-electron chi connectivity index (χ4n) is 4.95. The van der Waals surface area contributed by atoms with Gasteiger partial charge in [-0.05, 0) is 44.0 Å². The summed E-state index contributed by atoms with van der Waals surface area (Å²) in [6.45, 7) is 5.66. The second kappa shape index (κ2) is 9.67. The van der Waals surface area contributed by atoms with Gasteiger partial charge >= 0.3 is 0 Å². The average Bonchev–Trinajstić information content (AvgIpc) is 3.20. The number of ketones is 3. The van der Waals surface area contributed by atoms with E-state index in [0.29, 0.717) is 11.1 Å². The van der Waals surface area contributed by atoms with Crippen molar-refractivity contribution in [1.82, 2.24) is 4.57 Å². The van der Waals surface area contributed by atoms with E-state index in [1.165, 1.54) is 28.8 Å². The average molecular weight is 560 g/mol. The van der Waals surface area contributed by atoms with Crippen LogP contribution in [0.5, 0.6) is 0 Å². The van der Waals surface area contributed by atoms with E-state index < -0.39 is 4.92 Å². The molecule has 5 rings (SSSR count). The van der Waals surface area contributed by atoms with Crippen LogP contribution in [-0.4, -0.2) is 26.8 Å². The fourth-order valence-corrected chi connectivity index (χ4v) is 4.95. The zero-order valence-electron chi connectivity index (χ0n) is 20.3. The minimum atomic E-state index is -0.534. The van der Waals surface area contributed by atoms with E-state index >= 15 is 0 Å². The number of fused-ring (bicyclic) bond motifs is 2. The number of halogens is 1. The summed E-state index contributed by atoms with van der Waals surface area (Å²) >= 11 is 0. The standard InChI is InChI=1S/C28H22N3O5.BrH/c1-16-12-17(2)24(18(3)13-16)30-15-29(14-23(32)19-8-10-20(11-9-19)31(35)36)25-26(30)28(34)22-7-5-4-6-21(22)27(25)33;/h4-13,15H,14H2,1-3H3;1H/q+1;/p-1. The number of carbonyl (C=O) groups is 3. The maximum Gasteiger partial charge on any atom is 0.269 e. The van der Waals surface area contributed by atoms with Gasteiger partial charge in [0, 0.05) is 28.8 Å². The summed E-state index contributed by atoms with van der Waals surface area (Å²) in [5, 5.41) is 11.0. The van der Waals surface area contributed by atoms with Crippen molar-refractivity contribution in [3.63, 3.8) is 0 Å². The Hall–Kier alpha value is -4.24. The smallest absolute Gasteiger partial charge is 0.269 e. The van der Waals surface area contributed by atoms with Gasteiger partial charge in [0.2, 0.25) is 28.7 Å². The molecule has 1 aliphatic rings. The number of aromatic nitrogens is 2. The highest BCUT2D eigenvalue weighted by Crippen LogP contribution is 2.30. The third kappa shape index (κ3) is 4.31. The van der Waals surface area contributed by atoms with Crippen molar-refractivity contribution in [1.29, 1.82) is 0 Å². The summed E-state index contributed by atoms with van der Waals surface area (Å²) in [4.78, 5) is 50.8. The van der Waals surface area contributed by atoms with Crippen LogP contribution in [-0.2, 0) is 6.54 Å². The summed E-state index contributed by atoms with van der Waals surface area (Å²) in [6, 6.07) is 16.0. The summed E-state index contributed by atoms with van der Waals surface area (Å²) in [5.41, 5.74) is 4.84. The zero-order chi connectivity index (χ0) is 25.7. The highest BCUT2D eigenvalue weighted by atomic mass is 79.9. The SMILES string of the molecule is Cc1cc(C)c(-n2c[n+](CC(=O)c3ccc([N+](=O)[O-])cc3)c3c2C(=O)c2ccccc2C3=O)c(C)c1.[Br-]. The molecule has 1 aliphatic carbocycles. The van der Waals surface area contributed by atoms with Gasteiger partial charge in [-0.25, -0.2) is 4.57 Å². The van der Waals surface area contributed by atoms with Crippen LogP contribution in [0.1, 0.15) is 59.2 Å². The Morgan fingerprint density at radius 1 is 0.919 bits per heavy atom. The summed E-state index contributed by atoms with van der Waals surface area (Å²) in [7, 11) is 0. The van der Waals surface area contributed by atoms with E-state index in [2.05, 4.69) is 0 Å². The molecule has 3 aromatic carbocycles. The lowest BCUT2D eigenvalue weighted by Crippen LogP contribution is -3.00. The van der Waals surface area contributed by atoms with Gasteiger partial charge in [-0.3, -0.25) is 24.5 Å². The molecule has 1 aromatic heterocycles. The number of hydrogen-bond donors (Lipinski definition) is 0. The Morgan fingerprint density at radius 2 is 1.49 bits per heavy atom. The van der Waals surface area contributed by atoms with Gasteiger partial charge in [-0.1, -0.05) is 42.0 Å². The Bertz CT molecular complexity index is 1600. The Balaban J connectivity index is 0.00000320. The predicted molar refractivity (Wildman–Crippen MR) is 131 cm³/mol. The van der Waals surface area contributed by atoms with Gasteiger partial charge in [-0.2, -0.15) is 4.57 Å². The molecule has 0 aliphatic heterocycles. The van der Waals surface area contributed by atoms with Crippen molar-refractivity contribution < 1.29 is 40.9 Å². The number of nitrogens with zero attached hydrogens (tertiary/aromatic N) is 3. The van der Waals surface area contributed by atoms with E-state index in [4.69, 9.17) is 0 Å². The number of imidazole rings is 1. The van der Waals surface area contributed by atoms with Crippen LogP contribution in [0.25, 0.3) is 5.69 Å². The topological polar surface area (TPSA) is 103 Å².